The number of nitrogens with one attached hydrogen (secondary N) is 2. The molecule has 6 nitrogen and oxygen atoms in total. The number of anilines is 2. The summed E-state index contributed by atoms with van der Waals surface area (Å²) in [5, 5.41) is 4.13. The molecule has 3 aromatic rings. The first kappa shape index (κ1) is 10.5. The number of H-pyrrole nitrogens is 1. The summed E-state index contributed by atoms with van der Waals surface area (Å²) in [4.78, 5) is 15.5. The summed E-state index contributed by atoms with van der Waals surface area (Å²) < 4.78 is 5.01. The van der Waals surface area contributed by atoms with E-state index in [-0.39, 0.29) is 0 Å². The van der Waals surface area contributed by atoms with Gasteiger partial charge in [0.15, 0.2) is 0 Å². The van der Waals surface area contributed by atoms with Crippen LogP contribution in [0.4, 0.5) is 11.5 Å². The van der Waals surface area contributed by atoms with E-state index in [1.807, 2.05) is 18.3 Å². The molecule has 0 aliphatic carbocycles. The van der Waals surface area contributed by atoms with E-state index in [0.717, 1.165) is 22.5 Å². The number of hydrogen-bond donors (Lipinski definition) is 2. The summed E-state index contributed by atoms with van der Waals surface area (Å²) in [5.41, 5.74) is 1.64. The van der Waals surface area contributed by atoms with Crippen molar-refractivity contribution in [3.05, 3.63) is 36.9 Å². The molecule has 6 heteroatoms. The Hall–Kier alpha value is -2.63. The number of ether oxygens (including phenoxy) is 1. The van der Waals surface area contributed by atoms with Crippen LogP contribution in [0.25, 0.3) is 11.0 Å². The van der Waals surface area contributed by atoms with Gasteiger partial charge in [0.2, 0.25) is 5.88 Å². The molecule has 0 saturated carbocycles. The summed E-state index contributed by atoms with van der Waals surface area (Å²) in [6.07, 6.45) is 5.04. The zero-order valence-electron chi connectivity index (χ0n) is 9.71. The van der Waals surface area contributed by atoms with Gasteiger partial charge in [-0.2, -0.15) is 0 Å². The van der Waals surface area contributed by atoms with Crippen LogP contribution in [0.3, 0.4) is 0 Å². The van der Waals surface area contributed by atoms with Gasteiger partial charge in [0.1, 0.15) is 17.8 Å². The molecule has 90 valence electrons. The first-order valence-corrected chi connectivity index (χ1v) is 5.42. The number of pyridine rings is 1. The molecule has 0 amide bonds. The molecule has 0 aliphatic heterocycles. The molecule has 3 rings (SSSR count). The van der Waals surface area contributed by atoms with Gasteiger partial charge in [-0.3, -0.25) is 0 Å². The highest BCUT2D eigenvalue weighted by Gasteiger charge is 2.04. The average molecular weight is 241 g/mol. The van der Waals surface area contributed by atoms with Crippen molar-refractivity contribution < 1.29 is 4.74 Å². The van der Waals surface area contributed by atoms with Gasteiger partial charge in [0.05, 0.1) is 24.4 Å². The topological polar surface area (TPSA) is 75.7 Å². The summed E-state index contributed by atoms with van der Waals surface area (Å²) in [6.45, 7) is 0. The molecule has 0 unspecified atom stereocenters. The lowest BCUT2D eigenvalue weighted by Gasteiger charge is -2.06. The van der Waals surface area contributed by atoms with Crippen LogP contribution in [0.15, 0.2) is 36.9 Å². The number of aromatic amines is 1. The number of hydrogen-bond acceptors (Lipinski definition) is 5. The Balaban J connectivity index is 1.93. The van der Waals surface area contributed by atoms with Crippen LogP contribution in [0.1, 0.15) is 0 Å². The third-order valence-electron chi connectivity index (χ3n) is 2.56. The summed E-state index contributed by atoms with van der Waals surface area (Å²) in [5.74, 6) is 1.32. The smallest absolute Gasteiger partial charge is 0.213 e. The lowest BCUT2D eigenvalue weighted by molar-refractivity contribution is 0.398. The molecule has 0 aromatic carbocycles. The van der Waals surface area contributed by atoms with Crippen LogP contribution in [0, 0.1) is 0 Å². The number of rotatable bonds is 3. The van der Waals surface area contributed by atoms with Crippen LogP contribution in [0.5, 0.6) is 5.88 Å². The molecule has 0 radical (unpaired) electrons. The monoisotopic (exact) mass is 241 g/mol. The lowest BCUT2D eigenvalue weighted by Crippen LogP contribution is -1.96. The summed E-state index contributed by atoms with van der Waals surface area (Å²) >= 11 is 0. The first-order valence-electron chi connectivity index (χ1n) is 5.42. The molecule has 3 aromatic heterocycles. The maximum Gasteiger partial charge on any atom is 0.213 e. The van der Waals surface area contributed by atoms with Gasteiger partial charge in [0, 0.05) is 12.3 Å². The van der Waals surface area contributed by atoms with E-state index < -0.39 is 0 Å². The van der Waals surface area contributed by atoms with Crippen molar-refractivity contribution in [2.45, 2.75) is 0 Å². The van der Waals surface area contributed by atoms with Crippen LogP contribution in [-0.4, -0.2) is 27.0 Å². The second-order valence-electron chi connectivity index (χ2n) is 3.68. The molecule has 0 bridgehead atoms. The molecule has 2 N–H and O–H groups in total. The molecular formula is C12H11N5O. The second kappa shape index (κ2) is 4.33. The second-order valence-corrected chi connectivity index (χ2v) is 3.68. The van der Waals surface area contributed by atoms with Crippen molar-refractivity contribution in [1.29, 1.82) is 0 Å². The predicted octanol–water partition coefficient (Wildman–Crippen LogP) is 2.11. The molecule has 18 heavy (non-hydrogen) atoms. The number of aromatic nitrogens is 4. The Bertz CT molecular complexity index is 662. The van der Waals surface area contributed by atoms with E-state index in [2.05, 4.69) is 25.3 Å². The van der Waals surface area contributed by atoms with Crippen LogP contribution >= 0.6 is 0 Å². The molecule has 0 spiro atoms. The van der Waals surface area contributed by atoms with E-state index >= 15 is 0 Å². The fourth-order valence-corrected chi connectivity index (χ4v) is 1.68. The predicted molar refractivity (Wildman–Crippen MR) is 68.0 cm³/mol. The SMILES string of the molecule is COc1ccc(Nc2ncnc3[nH]ccc23)cn1. The van der Waals surface area contributed by atoms with E-state index in [0.29, 0.717) is 5.88 Å². The van der Waals surface area contributed by atoms with E-state index in [4.69, 9.17) is 4.74 Å². The molecule has 0 aliphatic rings. The Morgan fingerprint density at radius 2 is 2.11 bits per heavy atom. The Kier molecular flexibility index (Phi) is 2.53. The minimum absolute atomic E-state index is 0.579. The van der Waals surface area contributed by atoms with Crippen molar-refractivity contribution in [3.8, 4) is 5.88 Å². The molecule has 0 fully saturated rings. The highest BCUT2D eigenvalue weighted by molar-refractivity contribution is 5.88. The minimum atomic E-state index is 0.579. The zero-order chi connectivity index (χ0) is 12.4. The number of nitrogens with zero attached hydrogens (tertiary/aromatic N) is 3. The van der Waals surface area contributed by atoms with Crippen LogP contribution in [0.2, 0.25) is 0 Å². The first-order chi connectivity index (χ1) is 8.86. The summed E-state index contributed by atoms with van der Waals surface area (Å²) in [7, 11) is 1.59. The highest BCUT2D eigenvalue weighted by Crippen LogP contribution is 2.22. The quantitative estimate of drug-likeness (QED) is 0.734. The van der Waals surface area contributed by atoms with Gasteiger partial charge < -0.3 is 15.0 Å². The molecular weight excluding hydrogens is 230 g/mol. The molecule has 0 atom stereocenters. The number of fused-ring (bicyclic) bond motifs is 1. The van der Waals surface area contributed by atoms with Crippen LogP contribution in [-0.2, 0) is 0 Å². The normalized spacial score (nSPS) is 10.5. The summed E-state index contributed by atoms with van der Waals surface area (Å²) in [6, 6.07) is 5.60. The van der Waals surface area contributed by atoms with Crippen molar-refractivity contribution in [2.75, 3.05) is 12.4 Å². The third-order valence-corrected chi connectivity index (χ3v) is 2.56. The average Bonchev–Trinajstić information content (AvgIpc) is 2.89. The van der Waals surface area contributed by atoms with Gasteiger partial charge in [-0.1, -0.05) is 0 Å². The number of methoxy groups -OCH3 is 1. The van der Waals surface area contributed by atoms with Gasteiger partial charge in [0.25, 0.3) is 0 Å². The minimum Gasteiger partial charge on any atom is -0.481 e. The standard InChI is InChI=1S/C12H11N5O/c1-18-10-3-2-8(6-14-10)17-12-9-4-5-13-11(9)15-7-16-12/h2-7H,1H3,(H2,13,15,16,17). The Morgan fingerprint density at radius 1 is 1.17 bits per heavy atom. The maximum atomic E-state index is 5.01. The van der Waals surface area contributed by atoms with Crippen molar-refractivity contribution >= 4 is 22.5 Å². The Morgan fingerprint density at radius 3 is 2.89 bits per heavy atom. The van der Waals surface area contributed by atoms with Crippen molar-refractivity contribution in [1.82, 2.24) is 19.9 Å². The highest BCUT2D eigenvalue weighted by atomic mass is 16.5. The fraction of sp³-hybridized carbons (Fsp3) is 0.0833. The van der Waals surface area contributed by atoms with E-state index in [9.17, 15) is 0 Å². The zero-order valence-corrected chi connectivity index (χ0v) is 9.71. The molecule has 0 saturated heterocycles. The third kappa shape index (κ3) is 1.84. The maximum absolute atomic E-state index is 5.01. The van der Waals surface area contributed by atoms with Gasteiger partial charge in [-0.05, 0) is 12.1 Å². The van der Waals surface area contributed by atoms with Gasteiger partial charge in [-0.15, -0.1) is 0 Å². The largest absolute Gasteiger partial charge is 0.481 e. The lowest BCUT2D eigenvalue weighted by atomic mass is 10.3. The van der Waals surface area contributed by atoms with Crippen molar-refractivity contribution in [3.63, 3.8) is 0 Å². The van der Waals surface area contributed by atoms with Crippen molar-refractivity contribution in [2.24, 2.45) is 0 Å². The van der Waals surface area contributed by atoms with Gasteiger partial charge in [-0.25, -0.2) is 15.0 Å². The van der Waals surface area contributed by atoms with Crippen LogP contribution < -0.4 is 10.1 Å². The van der Waals surface area contributed by atoms with E-state index in [1.165, 1.54) is 6.33 Å². The molecule has 3 heterocycles. The Labute approximate surface area is 103 Å². The van der Waals surface area contributed by atoms with E-state index in [1.54, 1.807) is 19.4 Å². The van der Waals surface area contributed by atoms with Gasteiger partial charge >= 0.3 is 0 Å². The fourth-order valence-electron chi connectivity index (χ4n) is 1.68.